The summed E-state index contributed by atoms with van der Waals surface area (Å²) in [5.74, 6) is -0.281. The number of anilines is 1. The Labute approximate surface area is 122 Å². The van der Waals surface area contributed by atoms with Crippen LogP contribution in [0.1, 0.15) is 26.7 Å². The maximum absolute atomic E-state index is 12.5. The predicted molar refractivity (Wildman–Crippen MR) is 77.1 cm³/mol. The number of amides is 3. The molecule has 2 rings (SSSR count). The van der Waals surface area contributed by atoms with Gasteiger partial charge in [-0.05, 0) is 32.4 Å². The van der Waals surface area contributed by atoms with Gasteiger partial charge in [0.2, 0.25) is 5.91 Å². The van der Waals surface area contributed by atoms with Crippen molar-refractivity contribution in [3.05, 3.63) is 34.4 Å². The molecule has 1 aliphatic heterocycles. The monoisotopic (exact) mass is 291 g/mol. The van der Waals surface area contributed by atoms with Gasteiger partial charge in [0.25, 0.3) is 5.69 Å². The number of nitro benzene ring substituents is 1. The molecular weight excluding hydrogens is 274 g/mol. The summed E-state index contributed by atoms with van der Waals surface area (Å²) in [6, 6.07) is 5.06. The number of rotatable bonds is 3. The second-order valence-electron chi connectivity index (χ2n) is 5.18. The number of urea groups is 1. The molecule has 1 fully saturated rings. The van der Waals surface area contributed by atoms with Crippen molar-refractivity contribution in [3.63, 3.8) is 0 Å². The van der Waals surface area contributed by atoms with Crippen LogP contribution in [0, 0.1) is 10.1 Å². The molecule has 112 valence electrons. The third-order valence-corrected chi connectivity index (χ3v) is 3.42. The number of carbonyl (C=O) groups excluding carboxylic acids is 2. The lowest BCUT2D eigenvalue weighted by molar-refractivity contribution is -0.384. The Kier molecular flexibility index (Phi) is 4.21. The molecule has 0 bridgehead atoms. The van der Waals surface area contributed by atoms with Crippen LogP contribution in [0.25, 0.3) is 0 Å². The number of nitrogens with zero attached hydrogens (tertiary/aromatic N) is 3. The third kappa shape index (κ3) is 3.01. The normalized spacial score (nSPS) is 16.3. The van der Waals surface area contributed by atoms with E-state index >= 15 is 0 Å². The number of nitro groups is 1. The van der Waals surface area contributed by atoms with Crippen LogP contribution in [0.15, 0.2) is 24.3 Å². The van der Waals surface area contributed by atoms with Crippen molar-refractivity contribution in [3.8, 4) is 0 Å². The van der Waals surface area contributed by atoms with Crippen LogP contribution in [-0.4, -0.2) is 34.3 Å². The van der Waals surface area contributed by atoms with Crippen LogP contribution in [0.5, 0.6) is 0 Å². The van der Waals surface area contributed by atoms with E-state index in [0.29, 0.717) is 18.7 Å². The Morgan fingerprint density at radius 2 is 1.81 bits per heavy atom. The zero-order valence-corrected chi connectivity index (χ0v) is 12.0. The van der Waals surface area contributed by atoms with E-state index in [2.05, 4.69) is 0 Å². The first-order chi connectivity index (χ1) is 9.91. The van der Waals surface area contributed by atoms with Gasteiger partial charge in [-0.15, -0.1) is 0 Å². The fourth-order valence-corrected chi connectivity index (χ4v) is 2.30. The first-order valence-corrected chi connectivity index (χ1v) is 6.80. The number of hydrogen-bond donors (Lipinski definition) is 0. The van der Waals surface area contributed by atoms with Crippen molar-refractivity contribution in [2.75, 3.05) is 11.4 Å². The Balaban J connectivity index is 2.35. The van der Waals surface area contributed by atoms with Gasteiger partial charge in [0.05, 0.1) is 10.6 Å². The smallest absolute Gasteiger partial charge is 0.322 e. The molecule has 1 aromatic carbocycles. The lowest BCUT2D eigenvalue weighted by Crippen LogP contribution is -2.47. The minimum absolute atomic E-state index is 0.0102. The van der Waals surface area contributed by atoms with Crippen molar-refractivity contribution >= 4 is 23.3 Å². The van der Waals surface area contributed by atoms with Gasteiger partial charge in [-0.25, -0.2) is 9.69 Å². The average molecular weight is 291 g/mol. The van der Waals surface area contributed by atoms with E-state index in [1.807, 2.05) is 13.8 Å². The maximum Gasteiger partial charge on any atom is 0.331 e. The number of carbonyl (C=O) groups is 2. The molecule has 0 N–H and O–H groups in total. The second-order valence-corrected chi connectivity index (χ2v) is 5.18. The highest BCUT2D eigenvalue weighted by Gasteiger charge is 2.32. The van der Waals surface area contributed by atoms with Crippen molar-refractivity contribution in [2.24, 2.45) is 0 Å². The van der Waals surface area contributed by atoms with Gasteiger partial charge in [-0.2, -0.15) is 0 Å². The van der Waals surface area contributed by atoms with E-state index in [1.165, 1.54) is 24.3 Å². The van der Waals surface area contributed by atoms with Gasteiger partial charge in [-0.3, -0.25) is 14.9 Å². The lowest BCUT2D eigenvalue weighted by atomic mass is 10.2. The maximum atomic E-state index is 12.5. The van der Waals surface area contributed by atoms with Gasteiger partial charge < -0.3 is 4.90 Å². The number of imide groups is 1. The molecular formula is C14H17N3O4. The summed E-state index contributed by atoms with van der Waals surface area (Å²) < 4.78 is 0. The fourth-order valence-electron chi connectivity index (χ4n) is 2.30. The summed E-state index contributed by atoms with van der Waals surface area (Å²) in [6.45, 7) is 4.31. The minimum Gasteiger partial charge on any atom is -0.322 e. The van der Waals surface area contributed by atoms with E-state index < -0.39 is 4.92 Å². The van der Waals surface area contributed by atoms with Crippen LogP contribution >= 0.6 is 0 Å². The Bertz CT molecular complexity index is 568. The number of hydrogen-bond acceptors (Lipinski definition) is 4. The van der Waals surface area contributed by atoms with Crippen molar-refractivity contribution in [2.45, 2.75) is 32.7 Å². The largest absolute Gasteiger partial charge is 0.331 e. The van der Waals surface area contributed by atoms with E-state index in [4.69, 9.17) is 0 Å². The van der Waals surface area contributed by atoms with Crippen molar-refractivity contribution in [1.29, 1.82) is 0 Å². The molecule has 3 amide bonds. The SMILES string of the molecule is CC(C)N1CCCC(=O)N(c2ccc([N+](=O)[O-])cc2)C1=O. The van der Waals surface area contributed by atoms with E-state index in [9.17, 15) is 19.7 Å². The minimum atomic E-state index is -0.518. The third-order valence-electron chi connectivity index (χ3n) is 3.42. The highest BCUT2D eigenvalue weighted by atomic mass is 16.6. The molecule has 0 aliphatic carbocycles. The average Bonchev–Trinajstić information content (AvgIpc) is 2.57. The summed E-state index contributed by atoms with van der Waals surface area (Å²) in [7, 11) is 0. The molecule has 0 aromatic heterocycles. The van der Waals surface area contributed by atoms with Crippen LogP contribution in [-0.2, 0) is 4.79 Å². The number of non-ortho nitro benzene ring substituents is 1. The molecule has 7 heteroatoms. The topological polar surface area (TPSA) is 83.8 Å². The highest BCUT2D eigenvalue weighted by molar-refractivity contribution is 6.14. The van der Waals surface area contributed by atoms with Crippen LogP contribution < -0.4 is 4.90 Å². The van der Waals surface area contributed by atoms with Crippen molar-refractivity contribution in [1.82, 2.24) is 4.90 Å². The number of benzene rings is 1. The zero-order valence-electron chi connectivity index (χ0n) is 12.0. The summed E-state index contributed by atoms with van der Waals surface area (Å²) in [4.78, 5) is 37.6. The fraction of sp³-hybridized carbons (Fsp3) is 0.429. The molecule has 7 nitrogen and oxygen atoms in total. The molecule has 1 heterocycles. The molecule has 0 saturated carbocycles. The molecule has 1 aromatic rings. The summed E-state index contributed by atoms with van der Waals surface area (Å²) in [6.07, 6.45) is 0.901. The summed E-state index contributed by atoms with van der Waals surface area (Å²) in [5, 5.41) is 10.7. The highest BCUT2D eigenvalue weighted by Crippen LogP contribution is 2.24. The van der Waals surface area contributed by atoms with Gasteiger partial charge in [0.1, 0.15) is 0 Å². The predicted octanol–water partition coefficient (Wildman–Crippen LogP) is 2.55. The van der Waals surface area contributed by atoms with Gasteiger partial charge in [0, 0.05) is 31.1 Å². The Hall–Kier alpha value is -2.44. The standard InChI is InChI=1S/C14H17N3O4/c1-10(2)15-9-3-4-13(18)16(14(15)19)11-5-7-12(8-6-11)17(20)21/h5-8,10H,3-4,9H2,1-2H3. The molecule has 1 saturated heterocycles. The van der Waals surface area contributed by atoms with Crippen molar-refractivity contribution < 1.29 is 14.5 Å². The van der Waals surface area contributed by atoms with Gasteiger partial charge in [-0.1, -0.05) is 0 Å². The molecule has 0 atom stereocenters. The summed E-state index contributed by atoms with van der Waals surface area (Å²) >= 11 is 0. The van der Waals surface area contributed by atoms with Gasteiger partial charge in [0.15, 0.2) is 0 Å². The van der Waals surface area contributed by atoms with E-state index in [-0.39, 0.29) is 30.1 Å². The molecule has 21 heavy (non-hydrogen) atoms. The quantitative estimate of drug-likeness (QED) is 0.633. The Morgan fingerprint density at radius 1 is 1.19 bits per heavy atom. The second kappa shape index (κ2) is 5.90. The molecule has 0 unspecified atom stereocenters. The Morgan fingerprint density at radius 3 is 2.33 bits per heavy atom. The molecule has 1 aliphatic rings. The van der Waals surface area contributed by atoms with Crippen LogP contribution in [0.4, 0.5) is 16.2 Å². The van der Waals surface area contributed by atoms with Crippen LogP contribution in [0.3, 0.4) is 0 Å². The summed E-state index contributed by atoms with van der Waals surface area (Å²) in [5.41, 5.74) is 0.289. The molecule has 0 radical (unpaired) electrons. The zero-order chi connectivity index (χ0) is 15.6. The first-order valence-electron chi connectivity index (χ1n) is 6.80. The van der Waals surface area contributed by atoms with E-state index in [1.54, 1.807) is 4.90 Å². The lowest BCUT2D eigenvalue weighted by Gasteiger charge is -2.29. The van der Waals surface area contributed by atoms with Crippen LogP contribution in [0.2, 0.25) is 0 Å². The van der Waals surface area contributed by atoms with E-state index in [0.717, 1.165) is 4.90 Å². The van der Waals surface area contributed by atoms with Gasteiger partial charge >= 0.3 is 6.03 Å². The molecule has 0 spiro atoms. The first kappa shape index (κ1) is 15.0.